The van der Waals surface area contributed by atoms with Gasteiger partial charge >= 0.3 is 6.03 Å². The molecule has 2 saturated heterocycles. The number of rotatable bonds is 7. The van der Waals surface area contributed by atoms with Gasteiger partial charge in [0.15, 0.2) is 0 Å². The number of nitrogens with zero attached hydrogens (tertiary/aromatic N) is 2. The third-order valence-corrected chi connectivity index (χ3v) is 9.68. The van der Waals surface area contributed by atoms with Crippen molar-refractivity contribution < 1.29 is 22.8 Å². The summed E-state index contributed by atoms with van der Waals surface area (Å²) in [6.07, 6.45) is 4.21. The van der Waals surface area contributed by atoms with Gasteiger partial charge in [0.05, 0.1) is 23.8 Å². The van der Waals surface area contributed by atoms with Crippen LogP contribution < -0.4 is 10.2 Å². The molecule has 0 aromatic rings. The molecule has 4 aliphatic rings. The maximum Gasteiger partial charge on any atom is 0.327 e. The highest BCUT2D eigenvalue weighted by atomic mass is 32.2. The first-order valence-electron chi connectivity index (χ1n) is 12.3. The summed E-state index contributed by atoms with van der Waals surface area (Å²) in [6, 6.07) is -0.347. The van der Waals surface area contributed by atoms with E-state index in [9.17, 15) is 18.0 Å². The minimum Gasteiger partial charge on any atom is -0.320 e. The monoisotopic (exact) mass is 484 g/mol. The van der Waals surface area contributed by atoms with Crippen molar-refractivity contribution in [1.82, 2.24) is 20.0 Å². The average Bonchev–Trinajstić information content (AvgIpc) is 3.27. The summed E-state index contributed by atoms with van der Waals surface area (Å²) in [7, 11) is -3.53. The first kappa shape index (κ1) is 24.9. The molecular formula is C23H40N4O5S. The molecule has 4 fully saturated rings. The van der Waals surface area contributed by atoms with E-state index in [0.717, 1.165) is 19.3 Å². The highest BCUT2D eigenvalue weighted by Crippen LogP contribution is 2.40. The molecule has 0 bridgehead atoms. The fourth-order valence-electron chi connectivity index (χ4n) is 5.25. The Morgan fingerprint density at radius 1 is 1.18 bits per heavy atom. The molecule has 2 heterocycles. The van der Waals surface area contributed by atoms with Gasteiger partial charge in [0.25, 0.3) is 0 Å². The van der Waals surface area contributed by atoms with Crippen LogP contribution in [-0.2, 0) is 19.7 Å². The second-order valence-corrected chi connectivity index (χ2v) is 14.0. The number of amides is 3. The summed E-state index contributed by atoms with van der Waals surface area (Å²) in [6.45, 7) is 11.1. The van der Waals surface area contributed by atoms with Crippen LogP contribution in [0.3, 0.4) is 0 Å². The Morgan fingerprint density at radius 2 is 1.88 bits per heavy atom. The van der Waals surface area contributed by atoms with Crippen LogP contribution in [0.15, 0.2) is 0 Å². The van der Waals surface area contributed by atoms with Crippen molar-refractivity contribution in [3.8, 4) is 0 Å². The number of nitrogens with one attached hydrogen (secondary N) is 2. The Balaban J connectivity index is 1.54. The molecular weight excluding hydrogens is 444 g/mol. The molecule has 5 atom stereocenters. The van der Waals surface area contributed by atoms with Crippen molar-refractivity contribution in [2.45, 2.75) is 109 Å². The van der Waals surface area contributed by atoms with E-state index < -0.39 is 21.2 Å². The van der Waals surface area contributed by atoms with Gasteiger partial charge in [-0.25, -0.2) is 17.9 Å². The van der Waals surface area contributed by atoms with Gasteiger partial charge < -0.3 is 4.90 Å². The van der Waals surface area contributed by atoms with Crippen molar-refractivity contribution in [1.29, 1.82) is 0 Å². The quantitative estimate of drug-likeness (QED) is 0.574. The third-order valence-electron chi connectivity index (χ3n) is 7.59. The fraction of sp³-hybridized carbons (Fsp3) is 0.913. The molecule has 10 heteroatoms. The zero-order valence-electron chi connectivity index (χ0n) is 20.6. The molecule has 3 amide bonds. The largest absolute Gasteiger partial charge is 0.327 e. The maximum atomic E-state index is 13.5. The smallest absolute Gasteiger partial charge is 0.320 e. The molecule has 5 unspecified atom stereocenters. The first-order valence-corrected chi connectivity index (χ1v) is 13.9. The molecule has 9 nitrogen and oxygen atoms in total. The number of fused-ring (bicyclic) bond motifs is 1. The summed E-state index contributed by atoms with van der Waals surface area (Å²) >= 11 is 0. The minimum atomic E-state index is -3.53. The van der Waals surface area contributed by atoms with Crippen molar-refractivity contribution in [2.75, 3.05) is 13.1 Å². The molecule has 0 aromatic carbocycles. The van der Waals surface area contributed by atoms with Crippen LogP contribution in [0.2, 0.25) is 0 Å². The predicted molar refractivity (Wildman–Crippen MR) is 125 cm³/mol. The van der Waals surface area contributed by atoms with E-state index in [0.29, 0.717) is 25.8 Å². The van der Waals surface area contributed by atoms with Crippen LogP contribution in [-0.4, -0.2) is 72.2 Å². The number of sulfonamides is 1. The van der Waals surface area contributed by atoms with Gasteiger partial charge in [-0.3, -0.25) is 14.5 Å². The highest BCUT2D eigenvalue weighted by molar-refractivity contribution is 7.90. The van der Waals surface area contributed by atoms with Crippen LogP contribution in [0, 0.1) is 11.3 Å². The number of hydroxylamine groups is 1. The topological polar surface area (TPSA) is 108 Å². The number of carbonyl (C=O) groups excluding carboxylic acids is 2. The highest BCUT2D eigenvalue weighted by Gasteiger charge is 2.52. The van der Waals surface area contributed by atoms with Crippen molar-refractivity contribution in [3.05, 3.63) is 0 Å². The Bertz CT molecular complexity index is 882. The molecule has 2 N–H and O–H groups in total. The van der Waals surface area contributed by atoms with Gasteiger partial charge in [-0.15, -0.1) is 0 Å². The van der Waals surface area contributed by atoms with Gasteiger partial charge in [-0.1, -0.05) is 20.8 Å². The van der Waals surface area contributed by atoms with Gasteiger partial charge in [-0.2, -0.15) is 5.48 Å². The molecule has 33 heavy (non-hydrogen) atoms. The fourth-order valence-corrected chi connectivity index (χ4v) is 7.21. The maximum absolute atomic E-state index is 13.5. The summed E-state index contributed by atoms with van der Waals surface area (Å²) < 4.78 is 29.0. The molecule has 4 rings (SSSR count). The van der Waals surface area contributed by atoms with Crippen LogP contribution in [0.4, 0.5) is 4.79 Å². The van der Waals surface area contributed by atoms with E-state index in [1.54, 1.807) is 0 Å². The van der Waals surface area contributed by atoms with Crippen LogP contribution in [0.1, 0.15) is 79.6 Å². The summed E-state index contributed by atoms with van der Waals surface area (Å²) in [5, 5.41) is -0.607. The second-order valence-electron chi connectivity index (χ2n) is 12.0. The summed E-state index contributed by atoms with van der Waals surface area (Å²) in [5.41, 5.74) is 2.61. The molecule has 2 saturated carbocycles. The third kappa shape index (κ3) is 5.55. The van der Waals surface area contributed by atoms with E-state index in [1.165, 1.54) is 4.90 Å². The van der Waals surface area contributed by atoms with Crippen molar-refractivity contribution in [2.24, 2.45) is 11.3 Å². The standard InChI is InChI=1S/C23H40N4O5S/c1-15-12-16(32-24-15)14-27-20(28)18-13-17(33(30,31)25-23(5)8-9-23)6-7-19(18)26(21(27)29)11-10-22(2,3)4/h15-19,24-25H,6-14H2,1-5H3. The normalized spacial score (nSPS) is 34.5. The van der Waals surface area contributed by atoms with Crippen LogP contribution in [0.25, 0.3) is 0 Å². The Kier molecular flexibility index (Phi) is 6.61. The van der Waals surface area contributed by atoms with Gasteiger partial charge in [-0.05, 0) is 64.2 Å². The number of hydrogen-bond donors (Lipinski definition) is 2. The molecule has 0 radical (unpaired) electrons. The van der Waals surface area contributed by atoms with Crippen molar-refractivity contribution in [3.63, 3.8) is 0 Å². The summed E-state index contributed by atoms with van der Waals surface area (Å²) in [4.78, 5) is 35.7. The number of carbonyl (C=O) groups is 2. The van der Waals surface area contributed by atoms with E-state index in [4.69, 9.17) is 4.84 Å². The number of imide groups is 1. The molecule has 188 valence electrons. The van der Waals surface area contributed by atoms with Crippen molar-refractivity contribution >= 4 is 22.0 Å². The molecule has 0 aromatic heterocycles. The van der Waals surface area contributed by atoms with Crippen LogP contribution >= 0.6 is 0 Å². The lowest BCUT2D eigenvalue weighted by atomic mass is 9.80. The Labute approximate surface area is 198 Å². The lowest BCUT2D eigenvalue weighted by Gasteiger charge is -2.49. The molecule has 2 aliphatic heterocycles. The van der Waals surface area contributed by atoms with E-state index in [2.05, 4.69) is 31.0 Å². The number of urea groups is 1. The Hall–Kier alpha value is -1.23. The zero-order valence-corrected chi connectivity index (χ0v) is 21.4. The zero-order chi connectivity index (χ0) is 24.2. The van der Waals surface area contributed by atoms with E-state index in [-0.39, 0.29) is 54.0 Å². The van der Waals surface area contributed by atoms with E-state index >= 15 is 0 Å². The lowest BCUT2D eigenvalue weighted by molar-refractivity contribution is -0.142. The average molecular weight is 485 g/mol. The van der Waals surface area contributed by atoms with Gasteiger partial charge in [0, 0.05) is 24.2 Å². The molecule has 2 aliphatic carbocycles. The van der Waals surface area contributed by atoms with Crippen LogP contribution in [0.5, 0.6) is 0 Å². The predicted octanol–water partition coefficient (Wildman–Crippen LogP) is 2.38. The first-order chi connectivity index (χ1) is 15.3. The second kappa shape index (κ2) is 8.77. The van der Waals surface area contributed by atoms with E-state index in [1.807, 2.05) is 18.7 Å². The summed E-state index contributed by atoms with van der Waals surface area (Å²) in [5.74, 6) is -0.755. The lowest BCUT2D eigenvalue weighted by Crippen LogP contribution is -2.65. The Morgan fingerprint density at radius 3 is 2.45 bits per heavy atom. The van der Waals surface area contributed by atoms with Gasteiger partial charge in [0.2, 0.25) is 15.9 Å². The SMILES string of the molecule is CC1CC(CN2C(=O)C3CC(S(=O)(=O)NC4(C)CC4)CCC3N(CCC(C)(C)C)C2=O)ON1. The number of hydrogen-bond acceptors (Lipinski definition) is 6. The van der Waals surface area contributed by atoms with Gasteiger partial charge in [0.1, 0.15) is 0 Å². The minimum absolute atomic E-state index is 0.0418. The molecule has 0 spiro atoms.